The van der Waals surface area contributed by atoms with Gasteiger partial charge in [0.05, 0.1) is 11.0 Å². The molecule has 0 radical (unpaired) electrons. The summed E-state index contributed by atoms with van der Waals surface area (Å²) in [5.41, 5.74) is 3.57. The van der Waals surface area contributed by atoms with Crippen LogP contribution in [0.15, 0.2) is 53.3 Å². The van der Waals surface area contributed by atoms with E-state index in [2.05, 4.69) is 10.3 Å². The Morgan fingerprint density at radius 3 is 2.43 bits per heavy atom. The Kier molecular flexibility index (Phi) is 4.81. The summed E-state index contributed by atoms with van der Waals surface area (Å²) in [5.74, 6) is 0. The number of hydrogen-bond donors (Lipinski definition) is 2. The molecule has 2 aromatic carbocycles. The van der Waals surface area contributed by atoms with Gasteiger partial charge in [-0.05, 0) is 49.2 Å². The number of carbonyl (C=O) groups excluding carboxylic acids is 1. The number of H-pyrrole nitrogens is 1. The van der Waals surface area contributed by atoms with Gasteiger partial charge in [-0.15, -0.1) is 0 Å². The fourth-order valence-electron chi connectivity index (χ4n) is 3.81. The molecule has 1 saturated heterocycles. The van der Waals surface area contributed by atoms with Gasteiger partial charge in [0, 0.05) is 44.6 Å². The number of piperidine rings is 1. The van der Waals surface area contributed by atoms with Crippen LogP contribution in [0.4, 0.5) is 16.2 Å². The van der Waals surface area contributed by atoms with E-state index in [1.54, 1.807) is 0 Å². The quantitative estimate of drug-likeness (QED) is 0.734. The van der Waals surface area contributed by atoms with Gasteiger partial charge >= 0.3 is 11.7 Å². The van der Waals surface area contributed by atoms with Gasteiger partial charge in [-0.25, -0.2) is 9.59 Å². The molecule has 0 spiro atoms. The van der Waals surface area contributed by atoms with E-state index in [0.717, 1.165) is 35.2 Å². The molecular formula is C21H25N5O2. The molecule has 0 bridgehead atoms. The van der Waals surface area contributed by atoms with Crippen LogP contribution in [0.25, 0.3) is 11.0 Å². The van der Waals surface area contributed by atoms with Crippen molar-refractivity contribution in [1.29, 1.82) is 0 Å². The molecule has 7 heteroatoms. The van der Waals surface area contributed by atoms with Crippen molar-refractivity contribution in [2.24, 2.45) is 0 Å². The zero-order chi connectivity index (χ0) is 19.7. The molecule has 4 rings (SSSR count). The molecule has 0 saturated carbocycles. The molecule has 2 amide bonds. The fraction of sp³-hybridized carbons (Fsp3) is 0.333. The largest absolute Gasteiger partial charge is 0.378 e. The average molecular weight is 379 g/mol. The van der Waals surface area contributed by atoms with E-state index in [9.17, 15) is 9.59 Å². The van der Waals surface area contributed by atoms with Gasteiger partial charge in [-0.3, -0.25) is 4.57 Å². The number of aromatic nitrogens is 2. The number of fused-ring (bicyclic) bond motifs is 1. The molecule has 0 atom stereocenters. The topological polar surface area (TPSA) is 73.4 Å². The minimum absolute atomic E-state index is 0.0786. The maximum absolute atomic E-state index is 12.6. The van der Waals surface area contributed by atoms with Gasteiger partial charge in [0.15, 0.2) is 0 Å². The predicted molar refractivity (Wildman–Crippen MR) is 112 cm³/mol. The summed E-state index contributed by atoms with van der Waals surface area (Å²) in [7, 11) is 3.97. The zero-order valence-corrected chi connectivity index (χ0v) is 16.2. The van der Waals surface area contributed by atoms with Crippen molar-refractivity contribution in [2.75, 3.05) is 37.4 Å². The normalized spacial score (nSPS) is 15.0. The molecule has 1 fully saturated rings. The van der Waals surface area contributed by atoms with Crippen molar-refractivity contribution in [1.82, 2.24) is 14.5 Å². The summed E-state index contributed by atoms with van der Waals surface area (Å²) in [6.07, 6.45) is 1.52. The fourth-order valence-corrected chi connectivity index (χ4v) is 3.81. The highest BCUT2D eigenvalue weighted by Gasteiger charge is 2.26. The first kappa shape index (κ1) is 18.2. The maximum atomic E-state index is 12.6. The Morgan fingerprint density at radius 1 is 1.07 bits per heavy atom. The number of imidazole rings is 1. The lowest BCUT2D eigenvalue weighted by molar-refractivity contribution is 0.184. The van der Waals surface area contributed by atoms with Crippen molar-refractivity contribution in [2.45, 2.75) is 18.9 Å². The van der Waals surface area contributed by atoms with Crippen LogP contribution < -0.4 is 15.9 Å². The third-order valence-electron chi connectivity index (χ3n) is 5.38. The van der Waals surface area contributed by atoms with Crippen LogP contribution in [0.5, 0.6) is 0 Å². The molecule has 1 aliphatic rings. The Hall–Kier alpha value is -3.22. The molecule has 1 aliphatic heterocycles. The number of nitrogens with zero attached hydrogens (tertiary/aromatic N) is 3. The summed E-state index contributed by atoms with van der Waals surface area (Å²) in [4.78, 5) is 31.7. The number of likely N-dealkylation sites (tertiary alicyclic amines) is 1. The SMILES string of the molecule is CN(C)c1ccc(NC(=O)N2CCC(n3c(=O)[nH]c4ccccc43)CC2)cc1. The van der Waals surface area contributed by atoms with Crippen LogP contribution in [0, 0.1) is 0 Å². The maximum Gasteiger partial charge on any atom is 0.326 e. The summed E-state index contributed by atoms with van der Waals surface area (Å²) < 4.78 is 1.84. The summed E-state index contributed by atoms with van der Waals surface area (Å²) >= 11 is 0. The number of para-hydroxylation sites is 2. The molecular weight excluding hydrogens is 354 g/mol. The molecule has 0 unspecified atom stereocenters. The number of urea groups is 1. The number of amides is 2. The molecule has 2 N–H and O–H groups in total. The van der Waals surface area contributed by atoms with E-state index in [-0.39, 0.29) is 17.8 Å². The molecule has 2 heterocycles. The zero-order valence-electron chi connectivity index (χ0n) is 16.2. The van der Waals surface area contributed by atoms with Crippen LogP contribution in [0.1, 0.15) is 18.9 Å². The second kappa shape index (κ2) is 7.42. The summed E-state index contributed by atoms with van der Waals surface area (Å²) in [6.45, 7) is 1.25. The molecule has 7 nitrogen and oxygen atoms in total. The standard InChI is InChI=1S/C21H25N5O2/c1-24(2)16-9-7-15(8-10-16)22-20(27)25-13-11-17(12-14-25)26-19-6-4-3-5-18(19)23-21(26)28/h3-10,17H,11-14H2,1-2H3,(H,22,27)(H,23,28). The third kappa shape index (κ3) is 3.47. The first-order valence-corrected chi connectivity index (χ1v) is 9.55. The molecule has 1 aromatic heterocycles. The Balaban J connectivity index is 1.40. The van der Waals surface area contributed by atoms with Crippen LogP contribution >= 0.6 is 0 Å². The van der Waals surface area contributed by atoms with Crippen molar-refractivity contribution in [3.8, 4) is 0 Å². The highest BCUT2D eigenvalue weighted by Crippen LogP contribution is 2.25. The van der Waals surface area contributed by atoms with E-state index in [1.165, 1.54) is 0 Å². The van der Waals surface area contributed by atoms with Crippen molar-refractivity contribution in [3.05, 3.63) is 59.0 Å². The predicted octanol–water partition coefficient (Wildman–Crippen LogP) is 3.26. The Labute approximate surface area is 163 Å². The number of anilines is 2. The number of carbonyl (C=O) groups is 1. The van der Waals surface area contributed by atoms with E-state index in [1.807, 2.05) is 77.0 Å². The van der Waals surface area contributed by atoms with Crippen LogP contribution in [-0.2, 0) is 0 Å². The van der Waals surface area contributed by atoms with Gasteiger partial charge in [0.1, 0.15) is 0 Å². The van der Waals surface area contributed by atoms with E-state index >= 15 is 0 Å². The lowest BCUT2D eigenvalue weighted by Crippen LogP contribution is -2.42. The molecule has 28 heavy (non-hydrogen) atoms. The number of benzene rings is 2. The van der Waals surface area contributed by atoms with Crippen LogP contribution in [0.2, 0.25) is 0 Å². The highest BCUT2D eigenvalue weighted by atomic mass is 16.2. The van der Waals surface area contributed by atoms with E-state index in [4.69, 9.17) is 0 Å². The number of aromatic amines is 1. The monoisotopic (exact) mass is 379 g/mol. The van der Waals surface area contributed by atoms with E-state index < -0.39 is 0 Å². The lowest BCUT2D eigenvalue weighted by Gasteiger charge is -2.32. The summed E-state index contributed by atoms with van der Waals surface area (Å²) in [5, 5.41) is 2.96. The first-order valence-electron chi connectivity index (χ1n) is 9.55. The molecule has 3 aromatic rings. The van der Waals surface area contributed by atoms with Gasteiger partial charge in [-0.2, -0.15) is 0 Å². The first-order chi connectivity index (χ1) is 13.5. The third-order valence-corrected chi connectivity index (χ3v) is 5.38. The molecule has 0 aliphatic carbocycles. The van der Waals surface area contributed by atoms with Crippen molar-refractivity contribution < 1.29 is 4.79 Å². The number of rotatable bonds is 3. The average Bonchev–Trinajstić information content (AvgIpc) is 3.04. The van der Waals surface area contributed by atoms with Crippen LogP contribution in [0.3, 0.4) is 0 Å². The minimum Gasteiger partial charge on any atom is -0.378 e. The Bertz CT molecular complexity index is 1030. The minimum atomic E-state index is -0.0951. The highest BCUT2D eigenvalue weighted by molar-refractivity contribution is 5.89. The van der Waals surface area contributed by atoms with Gasteiger partial charge in [-0.1, -0.05) is 12.1 Å². The smallest absolute Gasteiger partial charge is 0.326 e. The second-order valence-electron chi connectivity index (χ2n) is 7.41. The second-order valence-corrected chi connectivity index (χ2v) is 7.41. The van der Waals surface area contributed by atoms with E-state index in [0.29, 0.717) is 13.1 Å². The Morgan fingerprint density at radius 2 is 1.75 bits per heavy atom. The van der Waals surface area contributed by atoms with Crippen molar-refractivity contribution in [3.63, 3.8) is 0 Å². The van der Waals surface area contributed by atoms with Crippen molar-refractivity contribution >= 4 is 28.4 Å². The van der Waals surface area contributed by atoms with Crippen LogP contribution in [-0.4, -0.2) is 47.7 Å². The lowest BCUT2D eigenvalue weighted by atomic mass is 10.0. The van der Waals surface area contributed by atoms with Gasteiger partial charge in [0.2, 0.25) is 0 Å². The number of nitrogens with one attached hydrogen (secondary N) is 2. The van der Waals surface area contributed by atoms with Gasteiger partial charge < -0.3 is 20.1 Å². The molecule has 146 valence electrons. The van der Waals surface area contributed by atoms with Gasteiger partial charge in [0.25, 0.3) is 0 Å². The summed E-state index contributed by atoms with van der Waals surface area (Å²) in [6, 6.07) is 15.5. The number of hydrogen-bond acceptors (Lipinski definition) is 3.